The highest BCUT2D eigenvalue weighted by Crippen LogP contribution is 2.12. The minimum Gasteiger partial charge on any atom is -0.395 e. The van der Waals surface area contributed by atoms with Crippen molar-refractivity contribution in [3.05, 3.63) is 16.1 Å². The number of thiazole rings is 1. The third-order valence-corrected chi connectivity index (χ3v) is 3.36. The van der Waals surface area contributed by atoms with Crippen LogP contribution < -0.4 is 0 Å². The van der Waals surface area contributed by atoms with Crippen LogP contribution in [0.3, 0.4) is 0 Å². The molecule has 1 heterocycles. The van der Waals surface area contributed by atoms with Gasteiger partial charge in [0.15, 0.2) is 0 Å². The summed E-state index contributed by atoms with van der Waals surface area (Å²) in [5.74, 6) is 0. The van der Waals surface area contributed by atoms with Gasteiger partial charge in [0.25, 0.3) is 0 Å². The average Bonchev–Trinajstić information content (AvgIpc) is 2.59. The molecule has 0 saturated heterocycles. The number of aromatic nitrogens is 1. The zero-order valence-corrected chi connectivity index (χ0v) is 9.68. The van der Waals surface area contributed by atoms with Crippen molar-refractivity contribution in [2.75, 3.05) is 26.2 Å². The summed E-state index contributed by atoms with van der Waals surface area (Å²) in [5, 5.41) is 8.83. The standard InChI is InChI=1S/C10H18N2OS/c1-3-12(6-7-13)5-4-10-9(2)11-8-14-10/h8,13H,3-7H2,1-2H3. The number of aliphatic hydroxyl groups excluding tert-OH is 1. The molecule has 0 atom stereocenters. The van der Waals surface area contributed by atoms with Gasteiger partial charge in [0.05, 0.1) is 17.8 Å². The molecule has 0 radical (unpaired) electrons. The van der Waals surface area contributed by atoms with Gasteiger partial charge >= 0.3 is 0 Å². The summed E-state index contributed by atoms with van der Waals surface area (Å²) in [6.07, 6.45) is 1.05. The molecule has 0 fully saturated rings. The van der Waals surface area contributed by atoms with Crippen LogP contribution in [0.15, 0.2) is 5.51 Å². The lowest BCUT2D eigenvalue weighted by molar-refractivity contribution is 0.203. The quantitative estimate of drug-likeness (QED) is 0.775. The van der Waals surface area contributed by atoms with E-state index in [1.54, 1.807) is 11.3 Å². The molecule has 0 aliphatic carbocycles. The summed E-state index contributed by atoms with van der Waals surface area (Å²) < 4.78 is 0. The highest BCUT2D eigenvalue weighted by Gasteiger charge is 2.05. The summed E-state index contributed by atoms with van der Waals surface area (Å²) in [6.45, 7) is 7.20. The molecule has 0 aliphatic rings. The summed E-state index contributed by atoms with van der Waals surface area (Å²) in [6, 6.07) is 0. The minimum atomic E-state index is 0.246. The molecule has 1 aromatic heterocycles. The Labute approximate surface area is 89.4 Å². The number of aryl methyl sites for hydroxylation is 1. The van der Waals surface area contributed by atoms with Crippen molar-refractivity contribution in [3.63, 3.8) is 0 Å². The van der Waals surface area contributed by atoms with E-state index in [-0.39, 0.29) is 6.61 Å². The number of aliphatic hydroxyl groups is 1. The number of hydrogen-bond acceptors (Lipinski definition) is 4. The molecule has 0 aromatic carbocycles. The number of nitrogens with zero attached hydrogens (tertiary/aromatic N) is 2. The second-order valence-corrected chi connectivity index (χ2v) is 4.21. The van der Waals surface area contributed by atoms with Crippen molar-refractivity contribution in [2.45, 2.75) is 20.3 Å². The maximum Gasteiger partial charge on any atom is 0.0797 e. The Hall–Kier alpha value is -0.450. The molecule has 80 valence electrons. The third kappa shape index (κ3) is 3.36. The normalized spacial score (nSPS) is 11.1. The first kappa shape index (κ1) is 11.6. The van der Waals surface area contributed by atoms with Gasteiger partial charge in [-0.05, 0) is 19.9 Å². The number of rotatable bonds is 6. The maximum absolute atomic E-state index is 8.83. The van der Waals surface area contributed by atoms with Gasteiger partial charge in [0.1, 0.15) is 0 Å². The molecule has 0 amide bonds. The van der Waals surface area contributed by atoms with E-state index in [0.717, 1.165) is 31.7 Å². The van der Waals surface area contributed by atoms with Crippen LogP contribution in [0.1, 0.15) is 17.5 Å². The number of likely N-dealkylation sites (N-methyl/N-ethyl adjacent to an activating group) is 1. The Kier molecular flexibility index (Phi) is 5.07. The van der Waals surface area contributed by atoms with E-state index in [0.29, 0.717) is 0 Å². The fourth-order valence-corrected chi connectivity index (χ4v) is 2.17. The molecule has 3 nitrogen and oxygen atoms in total. The Morgan fingerprint density at radius 3 is 2.79 bits per heavy atom. The van der Waals surface area contributed by atoms with Crippen molar-refractivity contribution in [3.8, 4) is 0 Å². The van der Waals surface area contributed by atoms with E-state index in [1.807, 2.05) is 12.4 Å². The van der Waals surface area contributed by atoms with Crippen LogP contribution in [-0.4, -0.2) is 41.2 Å². The predicted octanol–water partition coefficient (Wildman–Crippen LogP) is 1.31. The van der Waals surface area contributed by atoms with Gasteiger partial charge in [-0.3, -0.25) is 0 Å². The van der Waals surface area contributed by atoms with Crippen LogP contribution in [0.25, 0.3) is 0 Å². The second kappa shape index (κ2) is 6.11. The molecule has 1 aromatic rings. The Morgan fingerprint density at radius 2 is 2.29 bits per heavy atom. The summed E-state index contributed by atoms with van der Waals surface area (Å²) in [7, 11) is 0. The SMILES string of the molecule is CCN(CCO)CCc1scnc1C. The van der Waals surface area contributed by atoms with Crippen LogP contribution in [0.5, 0.6) is 0 Å². The lowest BCUT2D eigenvalue weighted by atomic mass is 10.3. The van der Waals surface area contributed by atoms with Crippen LogP contribution >= 0.6 is 11.3 Å². The van der Waals surface area contributed by atoms with E-state index in [4.69, 9.17) is 5.11 Å². The first-order valence-electron chi connectivity index (χ1n) is 5.00. The molecule has 1 rings (SSSR count). The average molecular weight is 214 g/mol. The fourth-order valence-electron chi connectivity index (χ4n) is 1.40. The van der Waals surface area contributed by atoms with Gasteiger partial charge in [0, 0.05) is 18.0 Å². The molecule has 1 N–H and O–H groups in total. The van der Waals surface area contributed by atoms with Crippen molar-refractivity contribution in [1.29, 1.82) is 0 Å². The Bertz CT molecular complexity index is 262. The van der Waals surface area contributed by atoms with Crippen molar-refractivity contribution in [2.24, 2.45) is 0 Å². The topological polar surface area (TPSA) is 36.4 Å². The fraction of sp³-hybridized carbons (Fsp3) is 0.700. The summed E-state index contributed by atoms with van der Waals surface area (Å²) >= 11 is 1.72. The molecule has 0 saturated carbocycles. The van der Waals surface area contributed by atoms with Crippen molar-refractivity contribution in [1.82, 2.24) is 9.88 Å². The summed E-state index contributed by atoms with van der Waals surface area (Å²) in [4.78, 5) is 7.83. The molecule has 0 bridgehead atoms. The Morgan fingerprint density at radius 1 is 1.50 bits per heavy atom. The monoisotopic (exact) mass is 214 g/mol. The van der Waals surface area contributed by atoms with E-state index in [1.165, 1.54) is 4.88 Å². The summed E-state index contributed by atoms with van der Waals surface area (Å²) in [5.41, 5.74) is 3.04. The third-order valence-electron chi connectivity index (χ3n) is 2.36. The molecule has 4 heteroatoms. The van der Waals surface area contributed by atoms with Crippen LogP contribution in [0, 0.1) is 6.92 Å². The second-order valence-electron chi connectivity index (χ2n) is 3.27. The molecule has 0 spiro atoms. The molecule has 0 unspecified atom stereocenters. The van der Waals surface area contributed by atoms with Crippen molar-refractivity contribution >= 4 is 11.3 Å². The zero-order chi connectivity index (χ0) is 10.4. The van der Waals surface area contributed by atoms with E-state index in [9.17, 15) is 0 Å². The van der Waals surface area contributed by atoms with Crippen LogP contribution in [0.4, 0.5) is 0 Å². The molecule has 14 heavy (non-hydrogen) atoms. The smallest absolute Gasteiger partial charge is 0.0797 e. The van der Waals surface area contributed by atoms with Gasteiger partial charge in [0.2, 0.25) is 0 Å². The highest BCUT2D eigenvalue weighted by molar-refractivity contribution is 7.09. The Balaban J connectivity index is 2.35. The first-order valence-corrected chi connectivity index (χ1v) is 5.88. The maximum atomic E-state index is 8.83. The number of hydrogen-bond donors (Lipinski definition) is 1. The minimum absolute atomic E-state index is 0.246. The largest absolute Gasteiger partial charge is 0.395 e. The van der Waals surface area contributed by atoms with Gasteiger partial charge in [-0.15, -0.1) is 11.3 Å². The lowest BCUT2D eigenvalue weighted by Gasteiger charge is -2.18. The van der Waals surface area contributed by atoms with E-state index < -0.39 is 0 Å². The van der Waals surface area contributed by atoms with Crippen LogP contribution in [-0.2, 0) is 6.42 Å². The van der Waals surface area contributed by atoms with E-state index >= 15 is 0 Å². The van der Waals surface area contributed by atoms with Gasteiger partial charge < -0.3 is 10.0 Å². The van der Waals surface area contributed by atoms with E-state index in [2.05, 4.69) is 16.8 Å². The van der Waals surface area contributed by atoms with Gasteiger partial charge in [-0.1, -0.05) is 6.92 Å². The van der Waals surface area contributed by atoms with Crippen molar-refractivity contribution < 1.29 is 5.11 Å². The lowest BCUT2D eigenvalue weighted by Crippen LogP contribution is -2.28. The van der Waals surface area contributed by atoms with Gasteiger partial charge in [-0.2, -0.15) is 0 Å². The first-order chi connectivity index (χ1) is 6.77. The van der Waals surface area contributed by atoms with Gasteiger partial charge in [-0.25, -0.2) is 4.98 Å². The molecular weight excluding hydrogens is 196 g/mol. The zero-order valence-electron chi connectivity index (χ0n) is 8.86. The molecular formula is C10H18N2OS. The highest BCUT2D eigenvalue weighted by atomic mass is 32.1. The van der Waals surface area contributed by atoms with Crippen LogP contribution in [0.2, 0.25) is 0 Å². The predicted molar refractivity (Wildman–Crippen MR) is 59.8 cm³/mol. The molecule has 0 aliphatic heterocycles.